The molecule has 1 N–H and O–H groups in total. The maximum absolute atomic E-state index is 12.8. The molecule has 200 valence electrons. The van der Waals surface area contributed by atoms with Crippen LogP contribution in [0.15, 0.2) is 11.3 Å². The second-order valence-electron chi connectivity index (χ2n) is 9.64. The molecule has 2 rings (SSSR count). The summed E-state index contributed by atoms with van der Waals surface area (Å²) in [6, 6.07) is -1.20. The predicted molar refractivity (Wildman–Crippen MR) is 121 cm³/mol. The second-order valence-corrected chi connectivity index (χ2v) is 9.64. The third-order valence-corrected chi connectivity index (χ3v) is 5.58. The Labute approximate surface area is 209 Å². The number of Topliss-reactive ketones (excluding diaryl/α,β-unsaturated/α-hetero) is 2. The van der Waals surface area contributed by atoms with E-state index in [9.17, 15) is 28.8 Å². The van der Waals surface area contributed by atoms with E-state index in [0.717, 1.165) is 27.7 Å². The van der Waals surface area contributed by atoms with E-state index in [-0.39, 0.29) is 35.7 Å². The number of carbonyl (C=O) groups is 6. The minimum absolute atomic E-state index is 0.0523. The Morgan fingerprint density at radius 3 is 1.81 bits per heavy atom. The summed E-state index contributed by atoms with van der Waals surface area (Å²) >= 11 is 0. The van der Waals surface area contributed by atoms with Gasteiger partial charge in [0.2, 0.25) is 6.29 Å². The van der Waals surface area contributed by atoms with Crippen LogP contribution in [0.5, 0.6) is 0 Å². The first-order valence-electron chi connectivity index (χ1n) is 11.5. The summed E-state index contributed by atoms with van der Waals surface area (Å²) in [5.74, 6) is -3.62. The van der Waals surface area contributed by atoms with E-state index in [2.05, 4.69) is 5.32 Å². The zero-order chi connectivity index (χ0) is 27.4. The fraction of sp³-hybridized carbons (Fsp3) is 0.667. The monoisotopic (exact) mass is 511 g/mol. The molecule has 0 amide bonds. The Bertz CT molecular complexity index is 945. The van der Waals surface area contributed by atoms with Crippen LogP contribution >= 0.6 is 0 Å². The van der Waals surface area contributed by atoms with Crippen molar-refractivity contribution in [1.82, 2.24) is 5.32 Å². The third-order valence-electron chi connectivity index (χ3n) is 5.58. The summed E-state index contributed by atoms with van der Waals surface area (Å²) in [6.45, 7) is 9.27. The SMILES string of the molecule is CC(=O)OC[C@H]1O[C@H](OC(C)=O)[C@@H](NC(C)=C2C(=O)CC(C)(C)CC2=O)[C@@H](OC(C)=O)[C@@H]1OC(C)=O. The number of esters is 4. The number of ketones is 2. The molecule has 0 spiro atoms. The highest BCUT2D eigenvalue weighted by atomic mass is 16.7. The first-order valence-corrected chi connectivity index (χ1v) is 11.5. The molecule has 1 aliphatic heterocycles. The molecular weight excluding hydrogens is 478 g/mol. The van der Waals surface area contributed by atoms with Gasteiger partial charge in [-0.25, -0.2) is 0 Å². The number of hydrogen-bond acceptors (Lipinski definition) is 12. The van der Waals surface area contributed by atoms with Crippen LogP contribution < -0.4 is 5.32 Å². The highest BCUT2D eigenvalue weighted by Crippen LogP contribution is 2.35. The maximum Gasteiger partial charge on any atom is 0.305 e. The van der Waals surface area contributed by atoms with E-state index in [1.54, 1.807) is 0 Å². The lowest BCUT2D eigenvalue weighted by Crippen LogP contribution is -2.66. The van der Waals surface area contributed by atoms with Crippen molar-refractivity contribution in [3.63, 3.8) is 0 Å². The maximum atomic E-state index is 12.8. The first kappa shape index (κ1) is 29.0. The number of carbonyl (C=O) groups excluding carboxylic acids is 6. The van der Waals surface area contributed by atoms with Crippen molar-refractivity contribution in [3.05, 3.63) is 11.3 Å². The van der Waals surface area contributed by atoms with Gasteiger partial charge in [0.1, 0.15) is 18.8 Å². The molecule has 0 aromatic rings. The van der Waals surface area contributed by atoms with Crippen molar-refractivity contribution in [2.75, 3.05) is 6.61 Å². The van der Waals surface area contributed by atoms with E-state index in [4.69, 9.17) is 23.7 Å². The van der Waals surface area contributed by atoms with E-state index >= 15 is 0 Å². The average molecular weight is 512 g/mol. The molecule has 36 heavy (non-hydrogen) atoms. The Kier molecular flexibility index (Phi) is 9.36. The highest BCUT2D eigenvalue weighted by molar-refractivity contribution is 6.22. The van der Waals surface area contributed by atoms with Crippen LogP contribution in [0.4, 0.5) is 0 Å². The molecule has 12 heteroatoms. The van der Waals surface area contributed by atoms with Gasteiger partial charge in [0.25, 0.3) is 0 Å². The summed E-state index contributed by atoms with van der Waals surface area (Å²) in [4.78, 5) is 72.7. The van der Waals surface area contributed by atoms with E-state index < -0.39 is 66.5 Å². The van der Waals surface area contributed by atoms with Crippen LogP contribution in [-0.4, -0.2) is 72.7 Å². The van der Waals surface area contributed by atoms with Gasteiger partial charge in [0.05, 0.1) is 5.57 Å². The smallest absolute Gasteiger partial charge is 0.305 e. The number of allylic oxidation sites excluding steroid dienone is 2. The number of nitrogens with one attached hydrogen (secondary N) is 1. The Hall–Kier alpha value is -3.28. The summed E-state index contributed by atoms with van der Waals surface area (Å²) in [6.07, 6.45) is -4.91. The molecule has 0 aromatic heterocycles. The Balaban J connectivity index is 2.53. The van der Waals surface area contributed by atoms with Crippen LogP contribution in [0, 0.1) is 5.41 Å². The zero-order valence-corrected chi connectivity index (χ0v) is 21.5. The molecule has 0 bridgehead atoms. The molecule has 1 saturated heterocycles. The molecule has 0 aromatic carbocycles. The van der Waals surface area contributed by atoms with Gasteiger partial charge in [-0.05, 0) is 12.3 Å². The van der Waals surface area contributed by atoms with Crippen molar-refractivity contribution in [3.8, 4) is 0 Å². The molecule has 1 aliphatic carbocycles. The molecule has 5 atom stereocenters. The minimum atomic E-state index is -1.43. The summed E-state index contributed by atoms with van der Waals surface area (Å²) in [7, 11) is 0. The Morgan fingerprint density at radius 1 is 0.833 bits per heavy atom. The third kappa shape index (κ3) is 7.61. The van der Waals surface area contributed by atoms with Crippen molar-refractivity contribution in [2.24, 2.45) is 5.41 Å². The van der Waals surface area contributed by atoms with Crippen molar-refractivity contribution in [2.45, 2.75) is 92.0 Å². The fourth-order valence-corrected chi connectivity index (χ4v) is 4.32. The van der Waals surface area contributed by atoms with Crippen LogP contribution in [-0.2, 0) is 52.5 Å². The van der Waals surface area contributed by atoms with Gasteiger partial charge >= 0.3 is 23.9 Å². The van der Waals surface area contributed by atoms with Crippen molar-refractivity contribution < 1.29 is 52.5 Å². The average Bonchev–Trinajstić information content (AvgIpc) is 2.68. The summed E-state index contributed by atoms with van der Waals surface area (Å²) < 4.78 is 26.9. The van der Waals surface area contributed by atoms with Gasteiger partial charge in [0, 0.05) is 46.2 Å². The summed E-state index contributed by atoms with van der Waals surface area (Å²) in [5, 5.41) is 2.94. The zero-order valence-electron chi connectivity index (χ0n) is 21.5. The number of hydrogen-bond donors (Lipinski definition) is 1. The molecule has 1 saturated carbocycles. The lowest BCUT2D eigenvalue weighted by molar-refractivity contribution is -0.270. The van der Waals surface area contributed by atoms with Gasteiger partial charge in [0.15, 0.2) is 23.8 Å². The van der Waals surface area contributed by atoms with Crippen molar-refractivity contribution in [1.29, 1.82) is 0 Å². The van der Waals surface area contributed by atoms with Gasteiger partial charge in [-0.2, -0.15) is 0 Å². The van der Waals surface area contributed by atoms with Gasteiger partial charge in [-0.3, -0.25) is 28.8 Å². The van der Waals surface area contributed by atoms with E-state index in [1.165, 1.54) is 6.92 Å². The van der Waals surface area contributed by atoms with E-state index in [0.29, 0.717) is 0 Å². The number of rotatable bonds is 7. The van der Waals surface area contributed by atoms with E-state index in [1.807, 2.05) is 13.8 Å². The largest absolute Gasteiger partial charge is 0.463 e. The number of ether oxygens (including phenoxy) is 5. The first-order chi connectivity index (χ1) is 16.6. The molecular formula is C24H33NO11. The molecule has 0 radical (unpaired) electrons. The standard InChI is InChI=1S/C24H33NO11/c1-11(19-16(30)8-24(6,7)9-17(19)31)25-20-22(34-14(4)28)21(33-13(3)27)18(10-32-12(2)26)36-23(20)35-15(5)29/h18,20-23,25H,8-10H2,1-7H3/t18-,20+,21-,22-,23+/m1/s1. The molecule has 0 unspecified atom stereocenters. The van der Waals surface area contributed by atoms with Gasteiger partial charge in [-0.15, -0.1) is 0 Å². The van der Waals surface area contributed by atoms with Gasteiger partial charge in [-0.1, -0.05) is 13.8 Å². The minimum Gasteiger partial charge on any atom is -0.463 e. The van der Waals surface area contributed by atoms with Crippen LogP contribution in [0.1, 0.15) is 61.3 Å². The predicted octanol–water partition coefficient (Wildman–Crippen LogP) is 0.891. The molecule has 1 heterocycles. The molecule has 2 fully saturated rings. The molecule has 12 nitrogen and oxygen atoms in total. The van der Waals surface area contributed by atoms with Crippen LogP contribution in [0.3, 0.4) is 0 Å². The Morgan fingerprint density at radius 2 is 1.33 bits per heavy atom. The quantitative estimate of drug-likeness (QED) is 0.223. The van der Waals surface area contributed by atoms with Crippen LogP contribution in [0.2, 0.25) is 0 Å². The lowest BCUT2D eigenvalue weighted by atomic mass is 9.73. The second kappa shape index (κ2) is 11.6. The lowest BCUT2D eigenvalue weighted by Gasteiger charge is -2.45. The molecule has 2 aliphatic rings. The van der Waals surface area contributed by atoms with Gasteiger partial charge < -0.3 is 29.0 Å². The fourth-order valence-electron chi connectivity index (χ4n) is 4.32. The topological polar surface area (TPSA) is 161 Å². The normalized spacial score (nSPS) is 27.5. The highest BCUT2D eigenvalue weighted by Gasteiger charge is 2.52. The van der Waals surface area contributed by atoms with Crippen LogP contribution in [0.25, 0.3) is 0 Å². The summed E-state index contributed by atoms with van der Waals surface area (Å²) in [5.41, 5.74) is -0.386. The van der Waals surface area contributed by atoms with Crippen molar-refractivity contribution >= 4 is 35.4 Å².